The summed E-state index contributed by atoms with van der Waals surface area (Å²) in [6, 6.07) is 9.78. The van der Waals surface area contributed by atoms with Crippen LogP contribution in [0.1, 0.15) is 28.9 Å². The molecule has 2 aliphatic rings. The zero-order chi connectivity index (χ0) is 17.4. The molecule has 130 valence electrons. The number of nitrogens with one attached hydrogen (secondary N) is 1. The van der Waals surface area contributed by atoms with Crippen LogP contribution in [0.25, 0.3) is 0 Å². The van der Waals surface area contributed by atoms with Gasteiger partial charge < -0.3 is 14.8 Å². The fraction of sp³-hybridized carbons (Fsp3) is 0.444. The maximum Gasteiger partial charge on any atom is 0.289 e. The number of amides is 2. The molecule has 2 aromatic rings. The van der Waals surface area contributed by atoms with E-state index in [1.807, 2.05) is 39.8 Å². The number of rotatable bonds is 3. The molecule has 2 aliphatic heterocycles. The largest absolute Gasteiger partial charge is 0.345 e. The lowest BCUT2D eigenvalue weighted by atomic mass is 9.89. The summed E-state index contributed by atoms with van der Waals surface area (Å²) in [6.45, 7) is 4.31. The first-order valence-corrected chi connectivity index (χ1v) is 8.61. The van der Waals surface area contributed by atoms with Crippen molar-refractivity contribution in [3.05, 3.63) is 47.5 Å². The molecule has 0 radical (unpaired) electrons. The smallest absolute Gasteiger partial charge is 0.289 e. The Morgan fingerprint density at radius 3 is 2.64 bits per heavy atom. The molecule has 2 amide bonds. The Morgan fingerprint density at radius 1 is 1.12 bits per heavy atom. The first-order valence-electron chi connectivity index (χ1n) is 8.61. The van der Waals surface area contributed by atoms with E-state index in [-0.39, 0.29) is 11.8 Å². The van der Waals surface area contributed by atoms with Crippen LogP contribution < -0.4 is 5.32 Å². The van der Waals surface area contributed by atoms with Gasteiger partial charge in [0.25, 0.3) is 5.91 Å². The minimum Gasteiger partial charge on any atom is -0.345 e. The Hall–Kier alpha value is -2.70. The van der Waals surface area contributed by atoms with Crippen LogP contribution in [-0.2, 0) is 24.3 Å². The molecule has 0 aliphatic carbocycles. The van der Waals surface area contributed by atoms with Crippen molar-refractivity contribution in [2.24, 2.45) is 11.8 Å². The Bertz CT molecular complexity index is 801. The molecule has 0 spiro atoms. The monoisotopic (exact) mass is 339 g/mol. The van der Waals surface area contributed by atoms with E-state index in [0.29, 0.717) is 30.7 Å². The van der Waals surface area contributed by atoms with Gasteiger partial charge in [0.1, 0.15) is 5.82 Å². The molecule has 25 heavy (non-hydrogen) atoms. The molecule has 2 atom stereocenters. The summed E-state index contributed by atoms with van der Waals surface area (Å²) in [6.07, 6.45) is 0.771. The predicted octanol–water partition coefficient (Wildman–Crippen LogP) is 0.859. The van der Waals surface area contributed by atoms with E-state index in [1.54, 1.807) is 6.92 Å². The standard InChI is InChI=1S/C18H21N5O2/c1-12(24)22-9-14-7-16-20-21-17(23(16)11-15(14)10-22)18(25)19-8-13-5-3-2-4-6-13/h2-6,14-15H,7-11H2,1H3,(H,19,25)/t14-,15+/m0/s1. The molecule has 7 nitrogen and oxygen atoms in total. The Balaban J connectivity index is 1.46. The minimum atomic E-state index is -0.206. The van der Waals surface area contributed by atoms with E-state index < -0.39 is 0 Å². The quantitative estimate of drug-likeness (QED) is 0.899. The Kier molecular flexibility index (Phi) is 3.99. The first-order chi connectivity index (χ1) is 12.1. The second-order valence-electron chi connectivity index (χ2n) is 6.87. The van der Waals surface area contributed by atoms with E-state index >= 15 is 0 Å². The molecule has 0 unspecified atom stereocenters. The second kappa shape index (κ2) is 6.31. The van der Waals surface area contributed by atoms with Crippen LogP contribution >= 0.6 is 0 Å². The third-order valence-electron chi connectivity index (χ3n) is 5.21. The number of hydrogen-bond donors (Lipinski definition) is 1. The Labute approximate surface area is 146 Å². The van der Waals surface area contributed by atoms with Gasteiger partial charge in [-0.15, -0.1) is 10.2 Å². The number of fused-ring (bicyclic) bond motifs is 2. The van der Waals surface area contributed by atoms with Crippen molar-refractivity contribution in [2.45, 2.75) is 26.4 Å². The summed E-state index contributed by atoms with van der Waals surface area (Å²) in [5, 5.41) is 11.2. The number of hydrogen-bond acceptors (Lipinski definition) is 4. The van der Waals surface area contributed by atoms with Crippen LogP contribution in [-0.4, -0.2) is 44.6 Å². The normalized spacial score (nSPS) is 21.6. The zero-order valence-corrected chi connectivity index (χ0v) is 14.2. The zero-order valence-electron chi connectivity index (χ0n) is 14.2. The summed E-state index contributed by atoms with van der Waals surface area (Å²) < 4.78 is 1.92. The average Bonchev–Trinajstić information content (AvgIpc) is 3.22. The molecule has 1 fully saturated rings. The Morgan fingerprint density at radius 2 is 1.88 bits per heavy atom. The number of nitrogens with zero attached hydrogens (tertiary/aromatic N) is 4. The van der Waals surface area contributed by atoms with Crippen LogP contribution in [0.3, 0.4) is 0 Å². The summed E-state index contributed by atoms with van der Waals surface area (Å²) in [5.74, 6) is 1.91. The molecule has 4 rings (SSSR count). The van der Waals surface area contributed by atoms with Gasteiger partial charge in [0.05, 0.1) is 0 Å². The highest BCUT2D eigenvalue weighted by Crippen LogP contribution is 2.32. The average molecular weight is 339 g/mol. The summed E-state index contributed by atoms with van der Waals surface area (Å²) in [4.78, 5) is 26.0. The van der Waals surface area contributed by atoms with Crippen molar-refractivity contribution >= 4 is 11.8 Å². The van der Waals surface area contributed by atoms with Crippen molar-refractivity contribution in [1.29, 1.82) is 0 Å². The number of likely N-dealkylation sites (tertiary alicyclic amines) is 1. The molecule has 1 saturated heterocycles. The van der Waals surface area contributed by atoms with Crippen LogP contribution in [0.2, 0.25) is 0 Å². The van der Waals surface area contributed by atoms with Gasteiger partial charge in [-0.05, 0) is 17.4 Å². The predicted molar refractivity (Wildman–Crippen MR) is 90.6 cm³/mol. The SMILES string of the molecule is CC(=O)N1C[C@@H]2Cn3c(nnc3C(=O)NCc3ccccc3)C[C@H]2C1. The molecule has 0 saturated carbocycles. The number of carbonyl (C=O) groups excluding carboxylic acids is 2. The lowest BCUT2D eigenvalue weighted by Gasteiger charge is -2.25. The lowest BCUT2D eigenvalue weighted by Crippen LogP contribution is -2.33. The van der Waals surface area contributed by atoms with Crippen LogP contribution in [0.4, 0.5) is 0 Å². The van der Waals surface area contributed by atoms with E-state index in [1.165, 1.54) is 0 Å². The highest BCUT2D eigenvalue weighted by Gasteiger charge is 2.39. The van der Waals surface area contributed by atoms with Gasteiger partial charge >= 0.3 is 0 Å². The molecule has 1 N–H and O–H groups in total. The minimum absolute atomic E-state index is 0.117. The lowest BCUT2D eigenvalue weighted by molar-refractivity contribution is -0.128. The van der Waals surface area contributed by atoms with Gasteiger partial charge in [0.15, 0.2) is 0 Å². The summed E-state index contributed by atoms with van der Waals surface area (Å²) >= 11 is 0. The topological polar surface area (TPSA) is 80.1 Å². The molecule has 7 heteroatoms. The van der Waals surface area contributed by atoms with Gasteiger partial charge in [-0.3, -0.25) is 9.59 Å². The second-order valence-corrected chi connectivity index (χ2v) is 6.87. The van der Waals surface area contributed by atoms with Crippen molar-refractivity contribution in [1.82, 2.24) is 25.0 Å². The van der Waals surface area contributed by atoms with Crippen LogP contribution in [0.5, 0.6) is 0 Å². The van der Waals surface area contributed by atoms with Gasteiger partial charge in [-0.1, -0.05) is 30.3 Å². The molecule has 1 aromatic carbocycles. The van der Waals surface area contributed by atoms with Gasteiger partial charge in [-0.25, -0.2) is 0 Å². The van der Waals surface area contributed by atoms with Crippen molar-refractivity contribution in [2.75, 3.05) is 13.1 Å². The molecule has 1 aromatic heterocycles. The van der Waals surface area contributed by atoms with Crippen molar-refractivity contribution < 1.29 is 9.59 Å². The molecular formula is C18H21N5O2. The van der Waals surface area contributed by atoms with Crippen LogP contribution in [0, 0.1) is 11.8 Å². The third kappa shape index (κ3) is 3.01. The number of carbonyl (C=O) groups is 2. The highest BCUT2D eigenvalue weighted by molar-refractivity contribution is 5.90. The van der Waals surface area contributed by atoms with Crippen molar-refractivity contribution in [3.8, 4) is 0 Å². The fourth-order valence-corrected chi connectivity index (χ4v) is 3.81. The van der Waals surface area contributed by atoms with E-state index in [9.17, 15) is 9.59 Å². The van der Waals surface area contributed by atoms with Gasteiger partial charge in [0.2, 0.25) is 11.7 Å². The maximum absolute atomic E-state index is 12.5. The third-order valence-corrected chi connectivity index (χ3v) is 5.21. The van der Waals surface area contributed by atoms with Gasteiger partial charge in [0, 0.05) is 39.5 Å². The molecule has 0 bridgehead atoms. The fourth-order valence-electron chi connectivity index (χ4n) is 3.81. The van der Waals surface area contributed by atoms with E-state index in [4.69, 9.17) is 0 Å². The number of benzene rings is 1. The summed E-state index contributed by atoms with van der Waals surface area (Å²) in [5.41, 5.74) is 1.04. The van der Waals surface area contributed by atoms with E-state index in [0.717, 1.165) is 30.9 Å². The van der Waals surface area contributed by atoms with Crippen LogP contribution in [0.15, 0.2) is 30.3 Å². The highest BCUT2D eigenvalue weighted by atomic mass is 16.2. The first kappa shape index (κ1) is 15.8. The van der Waals surface area contributed by atoms with E-state index in [2.05, 4.69) is 15.5 Å². The maximum atomic E-state index is 12.5. The molecule has 3 heterocycles. The van der Waals surface area contributed by atoms with Crippen molar-refractivity contribution in [3.63, 3.8) is 0 Å². The number of aromatic nitrogens is 3. The molecular weight excluding hydrogens is 318 g/mol. The summed E-state index contributed by atoms with van der Waals surface area (Å²) in [7, 11) is 0. The van der Waals surface area contributed by atoms with Gasteiger partial charge in [-0.2, -0.15) is 0 Å².